The summed E-state index contributed by atoms with van der Waals surface area (Å²) in [7, 11) is 0. The maximum Gasteiger partial charge on any atom is 0.231 e. The number of fused-ring (bicyclic) bond motifs is 1. The summed E-state index contributed by atoms with van der Waals surface area (Å²) in [5.41, 5.74) is 3.55. The van der Waals surface area contributed by atoms with Gasteiger partial charge in [0.05, 0.1) is 12.1 Å². The first-order chi connectivity index (χ1) is 13.5. The number of nitrogens with zero attached hydrogens (tertiary/aromatic N) is 4. The van der Waals surface area contributed by atoms with Crippen LogP contribution < -0.4 is 4.90 Å². The van der Waals surface area contributed by atoms with Crippen molar-refractivity contribution in [2.24, 2.45) is 5.92 Å². The standard InChI is InChI=1S/C23H26N4O/c1-16(2)13-22(28)26-20(18-7-5-4-6-8-18)14-21(27-23(26)24-15-25-27)19-11-9-17(3)10-12-19/h4-12,15-16,20-21H,13-14H2,1-3H3. The Labute approximate surface area is 166 Å². The number of aryl methyl sites for hydroxylation is 1. The Kier molecular flexibility index (Phi) is 4.99. The second-order valence-electron chi connectivity index (χ2n) is 7.95. The molecule has 5 heteroatoms. The van der Waals surface area contributed by atoms with Crippen molar-refractivity contribution >= 4 is 11.9 Å². The molecule has 1 aliphatic rings. The third-order valence-electron chi connectivity index (χ3n) is 5.32. The molecule has 3 aromatic rings. The first-order valence-corrected chi connectivity index (χ1v) is 9.87. The van der Waals surface area contributed by atoms with Gasteiger partial charge in [-0.1, -0.05) is 74.0 Å². The van der Waals surface area contributed by atoms with E-state index < -0.39 is 0 Å². The third kappa shape index (κ3) is 3.44. The van der Waals surface area contributed by atoms with Gasteiger partial charge in [0.15, 0.2) is 0 Å². The molecule has 2 heterocycles. The smallest absolute Gasteiger partial charge is 0.231 e. The molecule has 144 valence electrons. The van der Waals surface area contributed by atoms with Crippen molar-refractivity contribution < 1.29 is 4.79 Å². The van der Waals surface area contributed by atoms with Gasteiger partial charge in [0.1, 0.15) is 6.33 Å². The van der Waals surface area contributed by atoms with Crippen molar-refractivity contribution in [2.75, 3.05) is 4.90 Å². The lowest BCUT2D eigenvalue weighted by Crippen LogP contribution is -2.43. The Morgan fingerprint density at radius 1 is 1.04 bits per heavy atom. The molecule has 4 rings (SSSR count). The third-order valence-corrected chi connectivity index (χ3v) is 5.32. The van der Waals surface area contributed by atoms with Gasteiger partial charge in [0.2, 0.25) is 11.9 Å². The molecule has 2 atom stereocenters. The van der Waals surface area contributed by atoms with Gasteiger partial charge in [0.25, 0.3) is 0 Å². The van der Waals surface area contributed by atoms with Gasteiger partial charge < -0.3 is 0 Å². The summed E-state index contributed by atoms with van der Waals surface area (Å²) in [6, 6.07) is 18.8. The van der Waals surface area contributed by atoms with Crippen molar-refractivity contribution in [1.82, 2.24) is 14.8 Å². The number of amides is 1. The van der Waals surface area contributed by atoms with E-state index >= 15 is 0 Å². The fraction of sp³-hybridized carbons (Fsp3) is 0.348. The lowest BCUT2D eigenvalue weighted by molar-refractivity contribution is -0.120. The molecular formula is C23H26N4O. The summed E-state index contributed by atoms with van der Waals surface area (Å²) in [6.45, 7) is 6.23. The highest BCUT2D eigenvalue weighted by Crippen LogP contribution is 2.42. The number of rotatable bonds is 4. The fourth-order valence-corrected chi connectivity index (χ4v) is 3.95. The van der Waals surface area contributed by atoms with Crippen LogP contribution in [-0.4, -0.2) is 20.7 Å². The second kappa shape index (κ2) is 7.58. The normalized spacial score (nSPS) is 18.9. The summed E-state index contributed by atoms with van der Waals surface area (Å²) in [4.78, 5) is 19.5. The van der Waals surface area contributed by atoms with Crippen LogP contribution in [0.1, 0.15) is 55.5 Å². The molecule has 2 unspecified atom stereocenters. The van der Waals surface area contributed by atoms with E-state index in [9.17, 15) is 4.79 Å². The molecule has 0 radical (unpaired) electrons. The summed E-state index contributed by atoms with van der Waals surface area (Å²) in [6.07, 6.45) is 2.82. The van der Waals surface area contributed by atoms with Gasteiger partial charge in [-0.05, 0) is 30.4 Å². The number of carbonyl (C=O) groups is 1. The van der Waals surface area contributed by atoms with E-state index in [4.69, 9.17) is 0 Å². The first-order valence-electron chi connectivity index (χ1n) is 9.87. The predicted molar refractivity (Wildman–Crippen MR) is 110 cm³/mol. The van der Waals surface area contributed by atoms with Gasteiger partial charge >= 0.3 is 0 Å². The Hall–Kier alpha value is -2.95. The van der Waals surface area contributed by atoms with E-state index in [1.807, 2.05) is 27.8 Å². The van der Waals surface area contributed by atoms with E-state index in [0.717, 1.165) is 12.0 Å². The van der Waals surface area contributed by atoms with Crippen LogP contribution in [0, 0.1) is 12.8 Å². The monoisotopic (exact) mass is 374 g/mol. The van der Waals surface area contributed by atoms with Crippen LogP contribution in [-0.2, 0) is 4.79 Å². The van der Waals surface area contributed by atoms with Gasteiger partial charge in [-0.15, -0.1) is 0 Å². The van der Waals surface area contributed by atoms with E-state index in [1.54, 1.807) is 6.33 Å². The fourth-order valence-electron chi connectivity index (χ4n) is 3.95. The van der Waals surface area contributed by atoms with Crippen LogP contribution in [0.3, 0.4) is 0 Å². The Morgan fingerprint density at radius 2 is 1.71 bits per heavy atom. The van der Waals surface area contributed by atoms with Crippen molar-refractivity contribution in [2.45, 2.75) is 45.7 Å². The van der Waals surface area contributed by atoms with Crippen LogP contribution in [0.4, 0.5) is 5.95 Å². The lowest BCUT2D eigenvalue weighted by atomic mass is 9.91. The van der Waals surface area contributed by atoms with Crippen molar-refractivity contribution in [3.8, 4) is 0 Å². The van der Waals surface area contributed by atoms with Crippen LogP contribution >= 0.6 is 0 Å². The van der Waals surface area contributed by atoms with E-state index in [-0.39, 0.29) is 23.9 Å². The van der Waals surface area contributed by atoms with E-state index in [2.05, 4.69) is 67.3 Å². The predicted octanol–water partition coefficient (Wildman–Crippen LogP) is 4.70. The van der Waals surface area contributed by atoms with Crippen LogP contribution in [0.15, 0.2) is 60.9 Å². The molecule has 28 heavy (non-hydrogen) atoms. The summed E-state index contributed by atoms with van der Waals surface area (Å²) < 4.78 is 1.91. The van der Waals surface area contributed by atoms with Crippen molar-refractivity contribution in [1.29, 1.82) is 0 Å². The topological polar surface area (TPSA) is 51.0 Å². The molecule has 0 N–H and O–H groups in total. The molecule has 2 aromatic carbocycles. The minimum absolute atomic E-state index is 0.0476. The number of anilines is 1. The zero-order valence-electron chi connectivity index (χ0n) is 16.6. The SMILES string of the molecule is Cc1ccc(C2CC(c3ccccc3)N(C(=O)CC(C)C)c3ncnn32)cc1. The Bertz CT molecular complexity index is 946. The highest BCUT2D eigenvalue weighted by atomic mass is 16.2. The average molecular weight is 374 g/mol. The Morgan fingerprint density at radius 3 is 2.39 bits per heavy atom. The number of benzene rings is 2. The molecule has 1 aromatic heterocycles. The second-order valence-corrected chi connectivity index (χ2v) is 7.95. The summed E-state index contributed by atoms with van der Waals surface area (Å²) in [5.74, 6) is 1.02. The molecule has 5 nitrogen and oxygen atoms in total. The zero-order chi connectivity index (χ0) is 19.7. The van der Waals surface area contributed by atoms with E-state index in [1.165, 1.54) is 11.1 Å². The molecule has 0 saturated carbocycles. The Balaban J connectivity index is 1.81. The first kappa shape index (κ1) is 18.4. The molecule has 0 spiro atoms. The van der Waals surface area contributed by atoms with Gasteiger partial charge in [-0.2, -0.15) is 10.1 Å². The largest absolute Gasteiger partial charge is 0.274 e. The molecule has 0 saturated heterocycles. The van der Waals surface area contributed by atoms with Crippen molar-refractivity contribution in [3.05, 3.63) is 77.6 Å². The molecule has 1 amide bonds. The highest BCUT2D eigenvalue weighted by Gasteiger charge is 2.39. The summed E-state index contributed by atoms with van der Waals surface area (Å²) >= 11 is 0. The maximum atomic E-state index is 13.2. The molecule has 0 aliphatic carbocycles. The van der Waals surface area contributed by atoms with Crippen LogP contribution in [0.25, 0.3) is 0 Å². The lowest BCUT2D eigenvalue weighted by Gasteiger charge is -2.39. The molecule has 0 bridgehead atoms. The average Bonchev–Trinajstić information content (AvgIpc) is 3.17. The van der Waals surface area contributed by atoms with Gasteiger partial charge in [-0.3, -0.25) is 9.69 Å². The van der Waals surface area contributed by atoms with E-state index in [0.29, 0.717) is 12.4 Å². The molecule has 1 aliphatic heterocycles. The summed E-state index contributed by atoms with van der Waals surface area (Å²) in [5, 5.41) is 4.49. The van der Waals surface area contributed by atoms with Gasteiger partial charge in [-0.25, -0.2) is 4.68 Å². The minimum Gasteiger partial charge on any atom is -0.274 e. The number of aromatic nitrogens is 3. The maximum absolute atomic E-state index is 13.2. The zero-order valence-corrected chi connectivity index (χ0v) is 16.6. The molecular weight excluding hydrogens is 348 g/mol. The van der Waals surface area contributed by atoms with Crippen LogP contribution in [0.2, 0.25) is 0 Å². The highest BCUT2D eigenvalue weighted by molar-refractivity contribution is 5.93. The van der Waals surface area contributed by atoms with Crippen molar-refractivity contribution in [3.63, 3.8) is 0 Å². The number of carbonyl (C=O) groups excluding carboxylic acids is 1. The van der Waals surface area contributed by atoms with Crippen LogP contribution in [0.5, 0.6) is 0 Å². The molecule has 0 fully saturated rings. The quantitative estimate of drug-likeness (QED) is 0.665. The number of hydrogen-bond acceptors (Lipinski definition) is 3. The minimum atomic E-state index is -0.0598. The number of hydrogen-bond donors (Lipinski definition) is 0. The van der Waals surface area contributed by atoms with Gasteiger partial charge in [0, 0.05) is 6.42 Å².